The second-order valence-electron chi connectivity index (χ2n) is 7.35. The molecule has 0 bridgehead atoms. The maximum atomic E-state index is 14.5. The molecule has 156 valence electrons. The minimum Gasteiger partial charge on any atom is -0.415 e. The van der Waals surface area contributed by atoms with Crippen LogP contribution in [0.1, 0.15) is 41.3 Å². The highest BCUT2D eigenvalue weighted by Crippen LogP contribution is 2.41. The van der Waals surface area contributed by atoms with Crippen LogP contribution in [0.4, 0.5) is 4.39 Å². The lowest BCUT2D eigenvalue weighted by Gasteiger charge is -2.34. The number of thiophene rings is 1. The van der Waals surface area contributed by atoms with E-state index in [1.807, 2.05) is 6.07 Å². The number of nitrogens with zero attached hydrogens (tertiary/aromatic N) is 1. The molecule has 4 rings (SSSR count). The topological polar surface area (TPSA) is 72.6 Å². The zero-order valence-electron chi connectivity index (χ0n) is 15.9. The second-order valence-corrected chi connectivity index (χ2v) is 8.45. The Morgan fingerprint density at radius 3 is 2.76 bits per heavy atom. The lowest BCUT2D eigenvalue weighted by Crippen LogP contribution is -2.38. The second kappa shape index (κ2) is 9.34. The fraction of sp³-hybridized carbons (Fsp3) is 0.429. The molecule has 1 aromatic heterocycles. The number of ether oxygens (including phenoxy) is 1. The van der Waals surface area contributed by atoms with Gasteiger partial charge in [0.05, 0.1) is 12.5 Å². The predicted octanol–water partition coefficient (Wildman–Crippen LogP) is 3.64. The van der Waals surface area contributed by atoms with Crippen molar-refractivity contribution in [2.24, 2.45) is 11.7 Å². The first-order chi connectivity index (χ1) is 13.6. The maximum absolute atomic E-state index is 14.5. The largest absolute Gasteiger partial charge is 0.415 e. The highest BCUT2D eigenvalue weighted by molar-refractivity contribution is 7.14. The highest BCUT2D eigenvalue weighted by atomic mass is 35.5. The van der Waals surface area contributed by atoms with E-state index in [0.29, 0.717) is 23.7 Å². The van der Waals surface area contributed by atoms with Crippen molar-refractivity contribution < 1.29 is 18.7 Å². The van der Waals surface area contributed by atoms with Gasteiger partial charge in [-0.25, -0.2) is 4.39 Å². The summed E-state index contributed by atoms with van der Waals surface area (Å²) in [5.41, 5.74) is 6.88. The van der Waals surface area contributed by atoms with Crippen molar-refractivity contribution >= 4 is 35.5 Å². The van der Waals surface area contributed by atoms with Crippen molar-refractivity contribution in [2.75, 3.05) is 13.1 Å². The van der Waals surface area contributed by atoms with E-state index in [0.717, 1.165) is 29.7 Å². The molecule has 1 atom stereocenters. The van der Waals surface area contributed by atoms with Crippen LogP contribution < -0.4 is 10.5 Å². The summed E-state index contributed by atoms with van der Waals surface area (Å²) in [6, 6.07) is 7.85. The van der Waals surface area contributed by atoms with Gasteiger partial charge in [0.2, 0.25) is 0 Å². The Bertz CT molecular complexity index is 900. The molecule has 8 heteroatoms. The summed E-state index contributed by atoms with van der Waals surface area (Å²) in [6.07, 6.45) is 2.71. The number of benzene rings is 1. The van der Waals surface area contributed by atoms with Gasteiger partial charge >= 0.3 is 5.97 Å². The average Bonchev–Trinajstić information content (AvgIpc) is 3.44. The van der Waals surface area contributed by atoms with E-state index in [1.54, 1.807) is 18.2 Å². The fourth-order valence-corrected chi connectivity index (χ4v) is 4.72. The van der Waals surface area contributed by atoms with E-state index in [1.165, 1.54) is 17.4 Å². The molecular formula is C21H24ClFN2O3S. The van der Waals surface area contributed by atoms with Gasteiger partial charge in [-0.15, -0.1) is 23.7 Å². The molecule has 0 radical (unpaired) electrons. The number of hydrogen-bond acceptors (Lipinski definition) is 6. The lowest BCUT2D eigenvalue weighted by molar-refractivity contribution is -0.134. The van der Waals surface area contributed by atoms with Crippen LogP contribution in [0.25, 0.3) is 0 Å². The van der Waals surface area contributed by atoms with Crippen LogP contribution in [0.2, 0.25) is 0 Å². The quantitative estimate of drug-likeness (QED) is 0.668. The summed E-state index contributed by atoms with van der Waals surface area (Å²) in [7, 11) is 0. The van der Waals surface area contributed by atoms with Crippen LogP contribution in [0.3, 0.4) is 0 Å². The molecule has 0 amide bonds. The molecule has 1 aromatic carbocycles. The van der Waals surface area contributed by atoms with Crippen molar-refractivity contribution in [2.45, 2.75) is 38.3 Å². The monoisotopic (exact) mass is 438 g/mol. The van der Waals surface area contributed by atoms with Crippen LogP contribution in [0, 0.1) is 11.7 Å². The van der Waals surface area contributed by atoms with Crippen LogP contribution in [-0.2, 0) is 22.6 Å². The summed E-state index contributed by atoms with van der Waals surface area (Å²) in [5.74, 6) is -0.528. The zero-order valence-corrected chi connectivity index (χ0v) is 17.6. The molecule has 0 saturated heterocycles. The first kappa shape index (κ1) is 21.9. The summed E-state index contributed by atoms with van der Waals surface area (Å²) < 4.78 is 19.9. The van der Waals surface area contributed by atoms with Crippen LogP contribution in [-0.4, -0.2) is 29.7 Å². The molecule has 2 N–H and O–H groups in total. The van der Waals surface area contributed by atoms with Crippen LogP contribution in [0.5, 0.6) is 5.06 Å². The Morgan fingerprint density at radius 1 is 1.31 bits per heavy atom. The summed E-state index contributed by atoms with van der Waals surface area (Å²) in [6.45, 7) is 1.46. The van der Waals surface area contributed by atoms with Crippen molar-refractivity contribution in [1.82, 2.24) is 4.90 Å². The fourth-order valence-electron chi connectivity index (χ4n) is 3.70. The lowest BCUT2D eigenvalue weighted by atomic mass is 9.95. The Hall–Kier alpha value is -1.80. The molecule has 1 aliphatic heterocycles. The van der Waals surface area contributed by atoms with E-state index in [4.69, 9.17) is 10.5 Å². The van der Waals surface area contributed by atoms with Gasteiger partial charge in [-0.05, 0) is 37.0 Å². The normalized spacial score (nSPS) is 17.2. The van der Waals surface area contributed by atoms with Crippen molar-refractivity contribution in [1.29, 1.82) is 0 Å². The van der Waals surface area contributed by atoms with E-state index in [2.05, 4.69) is 4.90 Å². The first-order valence-electron chi connectivity index (χ1n) is 9.61. The van der Waals surface area contributed by atoms with E-state index in [-0.39, 0.29) is 48.9 Å². The van der Waals surface area contributed by atoms with Gasteiger partial charge in [0, 0.05) is 36.0 Å². The van der Waals surface area contributed by atoms with Crippen molar-refractivity contribution in [3.63, 3.8) is 0 Å². The number of fused-ring (bicyclic) bond motifs is 1. The summed E-state index contributed by atoms with van der Waals surface area (Å²) in [4.78, 5) is 27.9. The molecule has 1 aliphatic carbocycles. The zero-order chi connectivity index (χ0) is 19.7. The Balaban J connectivity index is 0.00000240. The van der Waals surface area contributed by atoms with Gasteiger partial charge in [-0.1, -0.05) is 18.2 Å². The third-order valence-corrected chi connectivity index (χ3v) is 6.37. The van der Waals surface area contributed by atoms with E-state index >= 15 is 0 Å². The number of ketones is 1. The van der Waals surface area contributed by atoms with Crippen molar-refractivity contribution in [3.8, 4) is 5.06 Å². The number of Topliss-reactive ketones (excluding diaryl/α,β-unsaturated/α-hetero) is 1. The first-order valence-corrected chi connectivity index (χ1v) is 10.4. The Labute approximate surface area is 179 Å². The van der Waals surface area contributed by atoms with Crippen LogP contribution in [0.15, 0.2) is 30.3 Å². The molecule has 1 unspecified atom stereocenters. The number of rotatable bonds is 7. The molecule has 29 heavy (non-hydrogen) atoms. The molecular weight excluding hydrogens is 415 g/mol. The van der Waals surface area contributed by atoms with E-state index < -0.39 is 6.04 Å². The molecule has 2 heterocycles. The molecule has 1 fully saturated rings. The van der Waals surface area contributed by atoms with Crippen molar-refractivity contribution in [3.05, 3.63) is 52.2 Å². The molecule has 2 aliphatic rings. The smallest absolute Gasteiger partial charge is 0.313 e. The standard InChI is InChI=1S/C21H23FN2O3S.ClH/c22-16-4-2-1-3-15(16)20(21(26)13-5-6-13)24-10-8-17-14(12-24)11-19(28-17)27-18(25)7-9-23;/h1-4,11,13,20H,5-10,12,23H2;1H. The molecule has 2 aromatic rings. The number of halogens is 2. The summed E-state index contributed by atoms with van der Waals surface area (Å²) in [5, 5.41) is 0.557. The summed E-state index contributed by atoms with van der Waals surface area (Å²) >= 11 is 1.46. The molecule has 0 spiro atoms. The average molecular weight is 439 g/mol. The predicted molar refractivity (Wildman–Crippen MR) is 112 cm³/mol. The third-order valence-electron chi connectivity index (χ3n) is 5.25. The molecule has 1 saturated carbocycles. The number of carbonyl (C=O) groups is 2. The van der Waals surface area contributed by atoms with Gasteiger partial charge in [0.1, 0.15) is 5.82 Å². The van der Waals surface area contributed by atoms with Gasteiger partial charge in [-0.3, -0.25) is 14.5 Å². The minimum atomic E-state index is -0.565. The number of nitrogens with two attached hydrogens (primary N) is 1. The SMILES string of the molecule is Cl.NCCC(=O)Oc1cc2c(s1)CCN(C(C(=O)C1CC1)c1ccccc1F)C2. The minimum absolute atomic E-state index is 0. The van der Waals surface area contributed by atoms with Gasteiger partial charge < -0.3 is 10.5 Å². The van der Waals surface area contributed by atoms with E-state index in [9.17, 15) is 14.0 Å². The van der Waals surface area contributed by atoms with Gasteiger partial charge in [0.25, 0.3) is 0 Å². The van der Waals surface area contributed by atoms with Gasteiger partial charge in [0.15, 0.2) is 10.8 Å². The van der Waals surface area contributed by atoms with Gasteiger partial charge in [-0.2, -0.15) is 0 Å². The molecule has 5 nitrogen and oxygen atoms in total. The third kappa shape index (κ3) is 4.86. The number of esters is 1. The number of hydrogen-bond donors (Lipinski definition) is 1. The number of carbonyl (C=O) groups excluding carboxylic acids is 2. The van der Waals surface area contributed by atoms with Crippen LogP contribution >= 0.6 is 23.7 Å². The Kier molecular flexibility index (Phi) is 7.05. The highest BCUT2D eigenvalue weighted by Gasteiger charge is 2.40. The maximum Gasteiger partial charge on any atom is 0.313 e. The Morgan fingerprint density at radius 2 is 2.07 bits per heavy atom.